The van der Waals surface area contributed by atoms with Gasteiger partial charge in [-0.25, -0.2) is 4.85 Å². The van der Waals surface area contributed by atoms with Crippen LogP contribution in [0.15, 0.2) is 255 Å². The molecule has 0 fully saturated rings. The van der Waals surface area contributed by atoms with Gasteiger partial charge in [-0.3, -0.25) is 0 Å². The van der Waals surface area contributed by atoms with Crippen LogP contribution in [0.3, 0.4) is 0 Å². The molecule has 2 aliphatic carbocycles. The summed E-state index contributed by atoms with van der Waals surface area (Å²) in [7, 11) is 0. The summed E-state index contributed by atoms with van der Waals surface area (Å²) in [5.41, 5.74) is 27.4. The zero-order chi connectivity index (χ0) is 52.1. The number of nitrogens with zero attached hydrogens (tertiary/aromatic N) is 4. The number of para-hydroxylation sites is 5. The highest BCUT2D eigenvalue weighted by atomic mass is 32.1. The molecule has 13 aromatic rings. The molecular weight excluding hydrogens is 976 g/mol. The lowest BCUT2D eigenvalue weighted by Crippen LogP contribution is -2.60. The molecular formula is C73H45BN4S. The number of hydrogen-bond donors (Lipinski definition) is 0. The predicted molar refractivity (Wildman–Crippen MR) is 331 cm³/mol. The molecule has 1 spiro atoms. The molecule has 6 heteroatoms. The van der Waals surface area contributed by atoms with Crippen molar-refractivity contribution < 1.29 is 0 Å². The van der Waals surface area contributed by atoms with Crippen molar-refractivity contribution in [1.29, 1.82) is 0 Å². The van der Waals surface area contributed by atoms with E-state index in [-0.39, 0.29) is 6.71 Å². The molecule has 0 bridgehead atoms. The fraction of sp³-hybridized carbons (Fsp3) is 0.0274. The lowest BCUT2D eigenvalue weighted by Gasteiger charge is -2.44. The van der Waals surface area contributed by atoms with Crippen molar-refractivity contribution >= 4 is 95.4 Å². The van der Waals surface area contributed by atoms with E-state index in [1.165, 1.54) is 126 Å². The Hall–Kier alpha value is -9.93. The summed E-state index contributed by atoms with van der Waals surface area (Å²) in [6.45, 7) is 10.7. The number of aryl methyl sites for hydroxylation is 1. The zero-order valence-electron chi connectivity index (χ0n) is 43.0. The SMILES string of the molecule is [C-]#[N+]c1ccc2c(c1)C1(c3cc(-n4c5ccccc5c5ccccc54)ccc3-2)c2ccccc2-c2c1sc1c2N(c2ccccc2-c2ccccc2)c2cc(C)cc3c2B1c1ccccc1N3c1ccccc1-c1ccccc1. The average Bonchev–Trinajstić information content (AvgIpc) is 2.34. The van der Waals surface area contributed by atoms with E-state index in [0.717, 1.165) is 22.6 Å². The first-order valence-corrected chi connectivity index (χ1v) is 28.0. The van der Waals surface area contributed by atoms with E-state index in [1.54, 1.807) is 0 Å². The quantitative estimate of drug-likeness (QED) is 0.126. The summed E-state index contributed by atoms with van der Waals surface area (Å²) in [4.78, 5) is 10.7. The first-order chi connectivity index (χ1) is 39.1. The van der Waals surface area contributed by atoms with Gasteiger partial charge in [-0.15, -0.1) is 11.3 Å². The normalized spacial score (nSPS) is 14.9. The summed E-state index contributed by atoms with van der Waals surface area (Å²) < 4.78 is 3.77. The van der Waals surface area contributed by atoms with Gasteiger partial charge < -0.3 is 14.4 Å². The Morgan fingerprint density at radius 2 is 0.975 bits per heavy atom. The van der Waals surface area contributed by atoms with Gasteiger partial charge in [0.25, 0.3) is 6.71 Å². The smallest absolute Gasteiger partial charge is 0.264 e. The monoisotopic (exact) mass is 1020 g/mol. The van der Waals surface area contributed by atoms with Gasteiger partial charge in [0.15, 0.2) is 5.69 Å². The Bertz CT molecular complexity index is 4740. The van der Waals surface area contributed by atoms with Crippen LogP contribution in [0.2, 0.25) is 0 Å². The van der Waals surface area contributed by atoms with Crippen molar-refractivity contribution in [3.63, 3.8) is 0 Å². The summed E-state index contributed by atoms with van der Waals surface area (Å²) in [5, 5.41) is 2.47. The number of rotatable bonds is 5. The van der Waals surface area contributed by atoms with Crippen molar-refractivity contribution in [1.82, 2.24) is 4.57 Å². The van der Waals surface area contributed by atoms with Gasteiger partial charge in [0.05, 0.1) is 40.1 Å². The van der Waals surface area contributed by atoms with Crippen molar-refractivity contribution in [2.45, 2.75) is 12.3 Å². The van der Waals surface area contributed by atoms with Gasteiger partial charge in [0.1, 0.15) is 0 Å². The molecule has 0 N–H and O–H groups in total. The fourth-order valence-corrected chi connectivity index (χ4v) is 16.0. The Kier molecular flexibility index (Phi) is 9.26. The fourth-order valence-electron chi connectivity index (χ4n) is 14.4. The Balaban J connectivity index is 1.01. The Morgan fingerprint density at radius 1 is 0.443 bits per heavy atom. The average molecular weight is 1020 g/mol. The van der Waals surface area contributed by atoms with E-state index in [1.807, 2.05) is 17.4 Å². The highest BCUT2D eigenvalue weighted by molar-refractivity contribution is 7.30. The molecule has 366 valence electrons. The van der Waals surface area contributed by atoms with E-state index in [2.05, 4.69) is 275 Å². The molecule has 79 heavy (non-hydrogen) atoms. The van der Waals surface area contributed by atoms with Gasteiger partial charge in [0, 0.05) is 59.9 Å². The molecule has 1 unspecified atom stereocenters. The summed E-state index contributed by atoms with van der Waals surface area (Å²) in [6, 6.07) is 94.1. The van der Waals surface area contributed by atoms with E-state index < -0.39 is 5.41 Å². The van der Waals surface area contributed by atoms with E-state index in [9.17, 15) is 0 Å². The van der Waals surface area contributed by atoms with Gasteiger partial charge in [0.2, 0.25) is 0 Å². The summed E-state index contributed by atoms with van der Waals surface area (Å²) in [6.07, 6.45) is 0. The summed E-state index contributed by atoms with van der Waals surface area (Å²) >= 11 is 1.99. The molecule has 2 aromatic heterocycles. The third kappa shape index (κ3) is 5.92. The molecule has 0 saturated heterocycles. The van der Waals surface area contributed by atoms with E-state index in [4.69, 9.17) is 6.57 Å². The molecule has 0 saturated carbocycles. The second kappa shape index (κ2) is 16.5. The number of thiophene rings is 1. The highest BCUT2D eigenvalue weighted by Crippen LogP contribution is 2.68. The molecule has 17 rings (SSSR count). The van der Waals surface area contributed by atoms with E-state index in [0.29, 0.717) is 5.69 Å². The molecule has 4 aliphatic rings. The number of anilines is 6. The lowest BCUT2D eigenvalue weighted by atomic mass is 9.36. The van der Waals surface area contributed by atoms with Crippen LogP contribution >= 0.6 is 11.3 Å². The number of aromatic nitrogens is 1. The van der Waals surface area contributed by atoms with E-state index >= 15 is 0 Å². The van der Waals surface area contributed by atoms with Crippen LogP contribution in [-0.4, -0.2) is 11.3 Å². The van der Waals surface area contributed by atoms with Crippen LogP contribution in [0.1, 0.15) is 27.1 Å². The molecule has 2 aliphatic heterocycles. The minimum absolute atomic E-state index is 0.101. The largest absolute Gasteiger partial charge is 0.311 e. The topological polar surface area (TPSA) is 15.8 Å². The minimum atomic E-state index is -0.752. The van der Waals surface area contributed by atoms with Gasteiger partial charge >= 0.3 is 0 Å². The van der Waals surface area contributed by atoms with Crippen LogP contribution in [0, 0.1) is 13.5 Å². The van der Waals surface area contributed by atoms with Gasteiger partial charge in [-0.05, 0) is 123 Å². The number of fused-ring (bicyclic) bond motifs is 18. The zero-order valence-corrected chi connectivity index (χ0v) is 43.8. The number of hydrogen-bond acceptors (Lipinski definition) is 3. The van der Waals surface area contributed by atoms with Gasteiger partial charge in [-0.1, -0.05) is 200 Å². The second-order valence-corrected chi connectivity index (χ2v) is 22.5. The predicted octanol–water partition coefficient (Wildman–Crippen LogP) is 17.5. The third-order valence-electron chi connectivity index (χ3n) is 17.4. The maximum atomic E-state index is 8.51. The maximum absolute atomic E-state index is 8.51. The van der Waals surface area contributed by atoms with Crippen LogP contribution in [0.25, 0.3) is 76.8 Å². The molecule has 4 heterocycles. The molecule has 0 amide bonds. The van der Waals surface area contributed by atoms with Crippen LogP contribution in [0.4, 0.5) is 39.8 Å². The van der Waals surface area contributed by atoms with Crippen LogP contribution in [0.5, 0.6) is 0 Å². The maximum Gasteiger partial charge on any atom is 0.264 e. The van der Waals surface area contributed by atoms with Crippen LogP contribution in [-0.2, 0) is 5.41 Å². The van der Waals surface area contributed by atoms with Crippen molar-refractivity contribution in [3.8, 4) is 50.2 Å². The Labute approximate surface area is 462 Å². The first kappa shape index (κ1) is 44.2. The molecule has 4 nitrogen and oxygen atoms in total. The lowest BCUT2D eigenvalue weighted by molar-refractivity contribution is 0.810. The molecule has 11 aromatic carbocycles. The minimum Gasteiger partial charge on any atom is -0.311 e. The van der Waals surface area contributed by atoms with Crippen molar-refractivity contribution in [2.24, 2.45) is 0 Å². The number of benzene rings is 11. The molecule has 0 radical (unpaired) electrons. The Morgan fingerprint density at radius 3 is 1.65 bits per heavy atom. The first-order valence-electron chi connectivity index (χ1n) is 27.2. The second-order valence-electron chi connectivity index (χ2n) is 21.4. The van der Waals surface area contributed by atoms with Crippen molar-refractivity contribution in [2.75, 3.05) is 9.80 Å². The molecule has 1 atom stereocenters. The standard InChI is InChI=1S/C73H45BN4S/c1-45-41-66-69-67(42-45)78(62-33-17-11-26-51(62)47-23-7-4-8-24-47)70-68-56-29-9-14-30-57(56)73(71(68)79-72(70)74(69)60-31-15-20-36-65(60)77(66)61-32-16-10-25-50(61)46-21-5-3-6-22-46)58-43-48(75-2)37-39-52(58)53-40-38-49(44-59(53)73)76-63-34-18-12-27-54(63)55-28-13-19-35-64(55)76/h3-44H,1H3. The highest BCUT2D eigenvalue weighted by Gasteiger charge is 2.57. The van der Waals surface area contributed by atoms with Crippen LogP contribution < -0.4 is 25.5 Å². The third-order valence-corrected chi connectivity index (χ3v) is 18.8. The van der Waals surface area contributed by atoms with Crippen molar-refractivity contribution in [3.05, 3.63) is 293 Å². The summed E-state index contributed by atoms with van der Waals surface area (Å²) in [5.74, 6) is 0. The van der Waals surface area contributed by atoms with Gasteiger partial charge in [-0.2, -0.15) is 0 Å².